The van der Waals surface area contributed by atoms with Gasteiger partial charge >= 0.3 is 11.9 Å². The Morgan fingerprint density at radius 3 is 2.68 bits per heavy atom. The van der Waals surface area contributed by atoms with Crippen molar-refractivity contribution in [3.63, 3.8) is 0 Å². The first kappa shape index (κ1) is 16.5. The molecule has 0 radical (unpaired) electrons. The monoisotopic (exact) mass is 309 g/mol. The van der Waals surface area contributed by atoms with Gasteiger partial charge in [0.25, 0.3) is 0 Å². The summed E-state index contributed by atoms with van der Waals surface area (Å²) in [6, 6.07) is -0.509. The number of carbonyl (C=O) groups is 3. The van der Waals surface area contributed by atoms with E-state index in [4.69, 9.17) is 9.47 Å². The second-order valence-electron chi connectivity index (χ2n) is 6.01. The van der Waals surface area contributed by atoms with Gasteiger partial charge in [0, 0.05) is 12.5 Å². The predicted molar refractivity (Wildman–Crippen MR) is 78.7 cm³/mol. The van der Waals surface area contributed by atoms with Gasteiger partial charge in [0.2, 0.25) is 5.91 Å². The minimum Gasteiger partial charge on any atom is -0.465 e. The number of amides is 1. The van der Waals surface area contributed by atoms with Crippen LogP contribution < -0.4 is 0 Å². The average molecular weight is 309 g/mol. The van der Waals surface area contributed by atoms with E-state index in [1.165, 1.54) is 0 Å². The highest BCUT2D eigenvalue weighted by Crippen LogP contribution is 2.21. The highest BCUT2D eigenvalue weighted by atomic mass is 16.5. The third kappa shape index (κ3) is 4.08. The van der Waals surface area contributed by atoms with Crippen LogP contribution in [-0.4, -0.2) is 48.5 Å². The summed E-state index contributed by atoms with van der Waals surface area (Å²) in [6.45, 7) is 4.45. The Bertz CT molecular complexity index is 473. The lowest BCUT2D eigenvalue weighted by Gasteiger charge is -2.26. The van der Waals surface area contributed by atoms with Crippen molar-refractivity contribution in [3.8, 4) is 0 Å². The van der Waals surface area contributed by atoms with Crippen molar-refractivity contribution in [2.45, 2.75) is 39.2 Å². The van der Waals surface area contributed by atoms with Crippen LogP contribution in [0.25, 0.3) is 0 Å². The molecule has 3 atom stereocenters. The minimum atomic E-state index is -0.509. The number of fused-ring (bicyclic) bond motifs is 1. The van der Waals surface area contributed by atoms with Crippen molar-refractivity contribution in [2.24, 2.45) is 11.8 Å². The maximum absolute atomic E-state index is 12.4. The van der Waals surface area contributed by atoms with Crippen molar-refractivity contribution in [2.75, 3.05) is 19.8 Å². The summed E-state index contributed by atoms with van der Waals surface area (Å²) in [4.78, 5) is 37.8. The molecule has 2 aliphatic rings. The van der Waals surface area contributed by atoms with E-state index in [-0.39, 0.29) is 43.4 Å². The van der Waals surface area contributed by atoms with Gasteiger partial charge in [0.15, 0.2) is 0 Å². The number of hydrogen-bond acceptors (Lipinski definition) is 5. The van der Waals surface area contributed by atoms with Crippen molar-refractivity contribution in [1.29, 1.82) is 0 Å². The van der Waals surface area contributed by atoms with E-state index in [1.807, 2.05) is 13.0 Å². The zero-order chi connectivity index (χ0) is 16.1. The summed E-state index contributed by atoms with van der Waals surface area (Å²) in [5.74, 6) is -1.29. The van der Waals surface area contributed by atoms with Crippen molar-refractivity contribution >= 4 is 17.8 Å². The molecule has 0 aromatic rings. The molecule has 1 saturated heterocycles. The molecule has 0 aliphatic carbocycles. The van der Waals surface area contributed by atoms with Crippen molar-refractivity contribution in [1.82, 2.24) is 4.90 Å². The molecule has 6 heteroatoms. The topological polar surface area (TPSA) is 72.9 Å². The molecule has 0 saturated carbocycles. The van der Waals surface area contributed by atoms with E-state index in [0.717, 1.165) is 6.42 Å². The predicted octanol–water partition coefficient (Wildman–Crippen LogP) is 1.30. The molecule has 2 heterocycles. The molecule has 0 N–H and O–H groups in total. The Morgan fingerprint density at radius 2 is 1.91 bits per heavy atom. The second kappa shape index (κ2) is 7.42. The van der Waals surface area contributed by atoms with Crippen LogP contribution in [0.2, 0.25) is 0 Å². The molecule has 2 rings (SSSR count). The summed E-state index contributed by atoms with van der Waals surface area (Å²) in [6.07, 6.45) is 5.11. The van der Waals surface area contributed by atoms with Gasteiger partial charge in [-0.25, -0.2) is 4.79 Å². The van der Waals surface area contributed by atoms with Crippen molar-refractivity contribution < 1.29 is 23.9 Å². The van der Waals surface area contributed by atoms with Gasteiger partial charge in [-0.15, -0.1) is 0 Å². The Kier molecular flexibility index (Phi) is 5.57. The van der Waals surface area contributed by atoms with Crippen LogP contribution in [0.1, 0.15) is 33.1 Å². The fourth-order valence-electron chi connectivity index (χ4n) is 2.67. The molecule has 0 aromatic heterocycles. The van der Waals surface area contributed by atoms with Crippen LogP contribution in [0.3, 0.4) is 0 Å². The van der Waals surface area contributed by atoms with Gasteiger partial charge in [-0.3, -0.25) is 9.59 Å². The molecule has 122 valence electrons. The smallest absolute Gasteiger partial charge is 0.328 e. The SMILES string of the molecule is C[C@H]1/C=C/CC(=O)OC[C@H](C)C(=O)N2CCC[C@H]2C(=O)OC1. The first-order valence-corrected chi connectivity index (χ1v) is 7.78. The number of carbonyl (C=O) groups excluding carboxylic acids is 3. The third-order valence-electron chi connectivity index (χ3n) is 3.96. The molecule has 2 aliphatic heterocycles. The van der Waals surface area contributed by atoms with E-state index >= 15 is 0 Å². The molecule has 22 heavy (non-hydrogen) atoms. The van der Waals surface area contributed by atoms with Gasteiger partial charge in [-0.05, 0) is 12.8 Å². The van der Waals surface area contributed by atoms with Gasteiger partial charge in [0.05, 0.1) is 18.9 Å². The van der Waals surface area contributed by atoms with E-state index in [0.29, 0.717) is 13.0 Å². The standard InChI is InChI=1S/C16H23NO5/c1-11-5-3-7-14(18)21-10-12(2)15(19)17-8-4-6-13(17)16(20)22-9-11/h3,5,11-13H,4,6-10H2,1-2H3/b5-3+/t11-,12-,13-/m0/s1. The van der Waals surface area contributed by atoms with Crippen LogP contribution in [0.4, 0.5) is 0 Å². The summed E-state index contributed by atoms with van der Waals surface area (Å²) in [7, 11) is 0. The van der Waals surface area contributed by atoms with E-state index in [2.05, 4.69) is 0 Å². The largest absolute Gasteiger partial charge is 0.465 e. The van der Waals surface area contributed by atoms with Gasteiger partial charge < -0.3 is 14.4 Å². The summed E-state index contributed by atoms with van der Waals surface area (Å²) >= 11 is 0. The highest BCUT2D eigenvalue weighted by molar-refractivity contribution is 5.86. The molecule has 0 unspecified atom stereocenters. The van der Waals surface area contributed by atoms with Crippen LogP contribution in [-0.2, 0) is 23.9 Å². The zero-order valence-electron chi connectivity index (χ0n) is 13.1. The van der Waals surface area contributed by atoms with Crippen LogP contribution in [0.15, 0.2) is 12.2 Å². The normalized spacial score (nSPS) is 32.7. The molecule has 0 aromatic carbocycles. The first-order valence-electron chi connectivity index (χ1n) is 7.78. The number of rotatable bonds is 0. The van der Waals surface area contributed by atoms with Crippen LogP contribution in [0, 0.1) is 11.8 Å². The quantitative estimate of drug-likeness (QED) is 0.498. The third-order valence-corrected chi connectivity index (χ3v) is 3.96. The Labute approximate surface area is 130 Å². The summed E-state index contributed by atoms with van der Waals surface area (Å²) in [5.41, 5.74) is 0. The second-order valence-corrected chi connectivity index (χ2v) is 6.01. The molecule has 1 amide bonds. The maximum atomic E-state index is 12.4. The lowest BCUT2D eigenvalue weighted by atomic mass is 10.1. The summed E-state index contributed by atoms with van der Waals surface area (Å²) in [5, 5.41) is 0. The van der Waals surface area contributed by atoms with E-state index in [9.17, 15) is 14.4 Å². The fourth-order valence-corrected chi connectivity index (χ4v) is 2.67. The van der Waals surface area contributed by atoms with Crippen LogP contribution in [0.5, 0.6) is 0 Å². The molecule has 0 bridgehead atoms. The van der Waals surface area contributed by atoms with Gasteiger partial charge in [-0.1, -0.05) is 26.0 Å². The molecule has 0 spiro atoms. The van der Waals surface area contributed by atoms with Crippen molar-refractivity contribution in [3.05, 3.63) is 12.2 Å². The minimum absolute atomic E-state index is 0.0177. The van der Waals surface area contributed by atoms with Gasteiger partial charge in [0.1, 0.15) is 12.6 Å². The van der Waals surface area contributed by atoms with E-state index < -0.39 is 12.0 Å². The Balaban J connectivity index is 2.13. The number of hydrogen-bond donors (Lipinski definition) is 0. The zero-order valence-corrected chi connectivity index (χ0v) is 13.1. The van der Waals surface area contributed by atoms with E-state index in [1.54, 1.807) is 17.9 Å². The number of esters is 2. The maximum Gasteiger partial charge on any atom is 0.328 e. The molecule has 1 fully saturated rings. The first-order chi connectivity index (χ1) is 10.5. The number of cyclic esters (lactones) is 2. The Morgan fingerprint density at radius 1 is 1.14 bits per heavy atom. The number of ether oxygens (including phenoxy) is 2. The van der Waals surface area contributed by atoms with Crippen LogP contribution >= 0.6 is 0 Å². The molecule has 6 nitrogen and oxygen atoms in total. The lowest BCUT2D eigenvalue weighted by Crippen LogP contribution is -2.45. The summed E-state index contributed by atoms with van der Waals surface area (Å²) < 4.78 is 10.4. The highest BCUT2D eigenvalue weighted by Gasteiger charge is 2.37. The lowest BCUT2D eigenvalue weighted by molar-refractivity contribution is -0.157. The fraction of sp³-hybridized carbons (Fsp3) is 0.688. The van der Waals surface area contributed by atoms with Gasteiger partial charge in [-0.2, -0.15) is 0 Å². The number of nitrogens with zero attached hydrogens (tertiary/aromatic N) is 1. The average Bonchev–Trinajstić information content (AvgIpc) is 2.98. The Hall–Kier alpha value is -1.85. The molecular formula is C16H23NO5. The molecular weight excluding hydrogens is 286 g/mol.